The van der Waals surface area contributed by atoms with Gasteiger partial charge in [0.15, 0.2) is 0 Å². The highest BCUT2D eigenvalue weighted by atomic mass is 16.2. The summed E-state index contributed by atoms with van der Waals surface area (Å²) in [6, 6.07) is 27.0. The van der Waals surface area contributed by atoms with Crippen LogP contribution in [0, 0.1) is 13.8 Å². The van der Waals surface area contributed by atoms with Crippen LogP contribution in [0.4, 0.5) is 5.69 Å². The summed E-state index contributed by atoms with van der Waals surface area (Å²) in [6.45, 7) is 7.19. The number of aryl methyl sites for hydroxylation is 2. The average Bonchev–Trinajstić information content (AvgIpc) is 2.78. The number of rotatable bonds is 5. The molecule has 0 bridgehead atoms. The first-order valence-corrected chi connectivity index (χ1v) is 10.8. The molecule has 1 aliphatic heterocycles. The second kappa shape index (κ2) is 9.27. The highest BCUT2D eigenvalue weighted by Crippen LogP contribution is 2.27. The molecule has 3 aromatic rings. The second-order valence-corrected chi connectivity index (χ2v) is 8.37. The van der Waals surface area contributed by atoms with E-state index in [1.807, 2.05) is 35.2 Å². The van der Waals surface area contributed by atoms with Crippen LogP contribution in [-0.2, 0) is 6.54 Å². The van der Waals surface area contributed by atoms with Crippen molar-refractivity contribution in [1.82, 2.24) is 4.90 Å². The Balaban J connectivity index is 1.49. The van der Waals surface area contributed by atoms with Gasteiger partial charge < -0.3 is 4.90 Å². The lowest BCUT2D eigenvalue weighted by atomic mass is 10.00. The minimum atomic E-state index is 0.0939. The van der Waals surface area contributed by atoms with Gasteiger partial charge in [0.05, 0.1) is 0 Å². The summed E-state index contributed by atoms with van der Waals surface area (Å²) < 4.78 is 0. The number of benzene rings is 3. The minimum Gasteiger partial charge on any atom is -0.305 e. The van der Waals surface area contributed by atoms with Crippen LogP contribution in [-0.4, -0.2) is 29.9 Å². The molecule has 1 saturated heterocycles. The molecule has 1 heterocycles. The number of hydrogen-bond donors (Lipinski definition) is 0. The number of likely N-dealkylation sites (tertiary alicyclic amines) is 1. The largest absolute Gasteiger partial charge is 0.305 e. The Hall–Kier alpha value is -2.91. The quantitative estimate of drug-likeness (QED) is 0.557. The van der Waals surface area contributed by atoms with Gasteiger partial charge in [-0.05, 0) is 56.5 Å². The molecule has 0 aromatic heterocycles. The number of hydrogen-bond acceptors (Lipinski definition) is 2. The normalized spacial score (nSPS) is 15.1. The summed E-state index contributed by atoms with van der Waals surface area (Å²) in [6.07, 6.45) is 1.97. The van der Waals surface area contributed by atoms with E-state index in [4.69, 9.17) is 0 Å². The second-order valence-electron chi connectivity index (χ2n) is 8.37. The predicted molar refractivity (Wildman–Crippen MR) is 124 cm³/mol. The summed E-state index contributed by atoms with van der Waals surface area (Å²) in [4.78, 5) is 18.0. The van der Waals surface area contributed by atoms with E-state index in [0.29, 0.717) is 0 Å². The molecule has 1 aliphatic rings. The number of amides is 1. The average molecular weight is 399 g/mol. The number of piperidine rings is 1. The first kappa shape index (κ1) is 20.4. The lowest BCUT2D eigenvalue weighted by Crippen LogP contribution is -2.47. The molecule has 154 valence electrons. The third-order valence-corrected chi connectivity index (χ3v) is 6.00. The van der Waals surface area contributed by atoms with Crippen molar-refractivity contribution in [2.75, 3.05) is 18.0 Å². The lowest BCUT2D eigenvalue weighted by molar-refractivity contribution is 0.0958. The Morgan fingerprint density at radius 2 is 1.40 bits per heavy atom. The topological polar surface area (TPSA) is 23.6 Å². The summed E-state index contributed by atoms with van der Waals surface area (Å²) in [5.41, 5.74) is 5.60. The van der Waals surface area contributed by atoms with Crippen molar-refractivity contribution in [3.8, 4) is 0 Å². The maximum atomic E-state index is 13.4. The standard InChI is InChI=1S/C27H30N2O/c1-21-8-12-23(13-9-21)20-28-18-16-26(17-19-28)29(25-14-10-22(2)11-15-25)27(30)24-6-4-3-5-7-24/h3-15,26H,16-20H2,1-2H3. The first-order chi connectivity index (χ1) is 14.6. The maximum Gasteiger partial charge on any atom is 0.258 e. The van der Waals surface area contributed by atoms with Crippen LogP contribution in [0.3, 0.4) is 0 Å². The van der Waals surface area contributed by atoms with Crippen molar-refractivity contribution in [1.29, 1.82) is 0 Å². The molecule has 0 N–H and O–H groups in total. The number of anilines is 1. The van der Waals surface area contributed by atoms with Gasteiger partial charge in [0.2, 0.25) is 0 Å². The Morgan fingerprint density at radius 3 is 2.00 bits per heavy atom. The highest BCUT2D eigenvalue weighted by Gasteiger charge is 2.29. The number of carbonyl (C=O) groups is 1. The molecule has 30 heavy (non-hydrogen) atoms. The Labute approximate surface area is 180 Å². The zero-order chi connectivity index (χ0) is 20.9. The first-order valence-electron chi connectivity index (χ1n) is 10.8. The molecular formula is C27H30N2O. The fraction of sp³-hybridized carbons (Fsp3) is 0.296. The fourth-order valence-corrected chi connectivity index (χ4v) is 4.21. The van der Waals surface area contributed by atoms with Crippen molar-refractivity contribution in [2.24, 2.45) is 0 Å². The van der Waals surface area contributed by atoms with Crippen molar-refractivity contribution in [3.05, 3.63) is 101 Å². The van der Waals surface area contributed by atoms with Crippen LogP contribution in [0.1, 0.15) is 39.9 Å². The van der Waals surface area contributed by atoms with E-state index in [1.54, 1.807) is 0 Å². The van der Waals surface area contributed by atoms with Crippen molar-refractivity contribution in [2.45, 2.75) is 39.3 Å². The van der Waals surface area contributed by atoms with Gasteiger partial charge in [0.1, 0.15) is 0 Å². The van der Waals surface area contributed by atoms with E-state index in [1.165, 1.54) is 16.7 Å². The van der Waals surface area contributed by atoms with Crippen molar-refractivity contribution in [3.63, 3.8) is 0 Å². The molecular weight excluding hydrogens is 368 g/mol. The van der Waals surface area contributed by atoms with E-state index in [0.717, 1.165) is 43.7 Å². The molecule has 3 nitrogen and oxygen atoms in total. The maximum absolute atomic E-state index is 13.4. The molecule has 4 rings (SSSR count). The van der Waals surface area contributed by atoms with E-state index in [-0.39, 0.29) is 11.9 Å². The van der Waals surface area contributed by atoms with Crippen LogP contribution < -0.4 is 4.90 Å². The van der Waals surface area contributed by atoms with Gasteiger partial charge in [-0.3, -0.25) is 9.69 Å². The Kier molecular flexibility index (Phi) is 6.29. The molecule has 0 spiro atoms. The summed E-state index contributed by atoms with van der Waals surface area (Å²) in [5, 5.41) is 0. The van der Waals surface area contributed by atoms with Crippen LogP contribution in [0.15, 0.2) is 78.9 Å². The van der Waals surface area contributed by atoms with Crippen molar-refractivity contribution < 1.29 is 4.79 Å². The minimum absolute atomic E-state index is 0.0939. The fourth-order valence-electron chi connectivity index (χ4n) is 4.21. The molecule has 3 aromatic carbocycles. The van der Waals surface area contributed by atoms with Gasteiger partial charge >= 0.3 is 0 Å². The zero-order valence-electron chi connectivity index (χ0n) is 17.9. The lowest BCUT2D eigenvalue weighted by Gasteiger charge is -2.38. The highest BCUT2D eigenvalue weighted by molar-refractivity contribution is 6.06. The van der Waals surface area contributed by atoms with Gasteiger partial charge in [0.25, 0.3) is 5.91 Å². The van der Waals surface area contributed by atoms with Gasteiger partial charge in [0, 0.05) is 36.9 Å². The third kappa shape index (κ3) is 4.80. The van der Waals surface area contributed by atoms with E-state index < -0.39 is 0 Å². The molecule has 0 aliphatic carbocycles. The van der Waals surface area contributed by atoms with Gasteiger partial charge in [-0.15, -0.1) is 0 Å². The van der Waals surface area contributed by atoms with Gasteiger partial charge in [-0.25, -0.2) is 0 Å². The molecule has 0 radical (unpaired) electrons. The van der Waals surface area contributed by atoms with E-state index in [2.05, 4.69) is 67.3 Å². The third-order valence-electron chi connectivity index (χ3n) is 6.00. The van der Waals surface area contributed by atoms with Crippen LogP contribution in [0.25, 0.3) is 0 Å². The van der Waals surface area contributed by atoms with Crippen LogP contribution in [0.5, 0.6) is 0 Å². The number of nitrogens with zero attached hydrogens (tertiary/aromatic N) is 2. The summed E-state index contributed by atoms with van der Waals surface area (Å²) in [7, 11) is 0. The van der Waals surface area contributed by atoms with Crippen LogP contribution in [0.2, 0.25) is 0 Å². The van der Waals surface area contributed by atoms with E-state index in [9.17, 15) is 4.79 Å². The predicted octanol–water partition coefficient (Wildman–Crippen LogP) is 5.61. The number of carbonyl (C=O) groups excluding carboxylic acids is 1. The molecule has 0 atom stereocenters. The molecule has 1 amide bonds. The summed E-state index contributed by atoms with van der Waals surface area (Å²) in [5.74, 6) is 0.0939. The van der Waals surface area contributed by atoms with Crippen LogP contribution >= 0.6 is 0 Å². The smallest absolute Gasteiger partial charge is 0.258 e. The van der Waals surface area contributed by atoms with Gasteiger partial charge in [-0.1, -0.05) is 65.7 Å². The van der Waals surface area contributed by atoms with Gasteiger partial charge in [-0.2, -0.15) is 0 Å². The monoisotopic (exact) mass is 398 g/mol. The SMILES string of the molecule is Cc1ccc(CN2CCC(N(C(=O)c3ccccc3)c3ccc(C)cc3)CC2)cc1. The summed E-state index contributed by atoms with van der Waals surface area (Å²) >= 11 is 0. The zero-order valence-corrected chi connectivity index (χ0v) is 17.9. The van der Waals surface area contributed by atoms with E-state index >= 15 is 0 Å². The van der Waals surface area contributed by atoms with Crippen molar-refractivity contribution >= 4 is 11.6 Å². The Morgan fingerprint density at radius 1 is 0.833 bits per heavy atom. The molecule has 1 fully saturated rings. The Bertz CT molecular complexity index is 956. The molecule has 0 saturated carbocycles. The molecule has 3 heteroatoms. The molecule has 0 unspecified atom stereocenters.